The third kappa shape index (κ3) is 4.70. The lowest BCUT2D eigenvalue weighted by Gasteiger charge is -2.39. The van der Waals surface area contributed by atoms with Gasteiger partial charge in [-0.05, 0) is 53.8 Å². The molecule has 3 aliphatic rings. The average molecular weight is 546 g/mol. The Bertz CT molecular complexity index is 1560. The smallest absolute Gasteiger partial charge is 0.260 e. The largest absolute Gasteiger partial charge is 0.394 e. The highest BCUT2D eigenvalue weighted by Crippen LogP contribution is 2.47. The second-order valence-electron chi connectivity index (χ2n) is 10.1. The van der Waals surface area contributed by atoms with Crippen molar-refractivity contribution in [3.8, 4) is 0 Å². The number of halogens is 2. The molecule has 8 nitrogen and oxygen atoms in total. The number of aryl methyl sites for hydroxylation is 1. The van der Waals surface area contributed by atoms with Crippen molar-refractivity contribution in [3.05, 3.63) is 87.0 Å². The highest BCUT2D eigenvalue weighted by molar-refractivity contribution is 7.91. The lowest BCUT2D eigenvalue weighted by atomic mass is 9.82. The van der Waals surface area contributed by atoms with Crippen LogP contribution >= 0.6 is 0 Å². The average Bonchev–Trinajstić information content (AvgIpc) is 3.16. The summed E-state index contributed by atoms with van der Waals surface area (Å²) in [5.74, 6) is -1.96. The topological polar surface area (TPSA) is 112 Å². The van der Waals surface area contributed by atoms with E-state index in [1.165, 1.54) is 16.7 Å². The third-order valence-corrected chi connectivity index (χ3v) is 8.16. The molecule has 1 aromatic heterocycles. The van der Waals surface area contributed by atoms with Gasteiger partial charge in [0.15, 0.2) is 9.84 Å². The van der Waals surface area contributed by atoms with Crippen molar-refractivity contribution in [2.45, 2.75) is 25.0 Å². The Morgan fingerprint density at radius 1 is 1.24 bits per heavy atom. The van der Waals surface area contributed by atoms with Crippen LogP contribution in [0.1, 0.15) is 24.0 Å². The van der Waals surface area contributed by atoms with Crippen LogP contribution in [0.15, 0.2) is 58.7 Å². The standard InChI is InChI=1S/C27H29F2N3O5S/c1-31-8-7-20-17(14-38(2,36)37)9-16-12-32(22-6-4-18(28)10-21(22)29)26-15(3-5-19(34)13-33)11-30-25(23(16)26)24(20)27(31)35/h4,6-10,12,15,19,26,30,33-34H,3,5,11,13-14H2,1-2H3. The summed E-state index contributed by atoms with van der Waals surface area (Å²) in [6.45, 7) is -0.0133. The minimum absolute atomic E-state index is 0.137. The molecule has 11 heteroatoms. The maximum absolute atomic E-state index is 15.1. The van der Waals surface area contributed by atoms with E-state index in [0.717, 1.165) is 12.3 Å². The summed E-state index contributed by atoms with van der Waals surface area (Å²) in [5, 5.41) is 22.7. The molecular formula is C27H29F2N3O5S. The van der Waals surface area contributed by atoms with Crippen molar-refractivity contribution < 1.29 is 27.4 Å². The van der Waals surface area contributed by atoms with E-state index in [-0.39, 0.29) is 29.5 Å². The fourth-order valence-electron chi connectivity index (χ4n) is 5.62. The number of benzene rings is 1. The number of pyridine rings is 1. The second-order valence-corrected chi connectivity index (χ2v) is 12.3. The molecule has 202 valence electrons. The Labute approximate surface area is 219 Å². The van der Waals surface area contributed by atoms with E-state index >= 15 is 4.39 Å². The van der Waals surface area contributed by atoms with E-state index in [2.05, 4.69) is 5.32 Å². The quantitative estimate of drug-likeness (QED) is 0.488. The van der Waals surface area contributed by atoms with E-state index in [0.29, 0.717) is 52.9 Å². The van der Waals surface area contributed by atoms with Crippen LogP contribution in [0.25, 0.3) is 11.3 Å². The van der Waals surface area contributed by atoms with Crippen molar-refractivity contribution in [2.24, 2.45) is 13.0 Å². The number of aliphatic hydroxyl groups is 2. The molecule has 5 rings (SSSR count). The van der Waals surface area contributed by atoms with Crippen LogP contribution in [0.2, 0.25) is 0 Å². The molecule has 0 bridgehead atoms. The molecule has 0 saturated heterocycles. The van der Waals surface area contributed by atoms with Crippen LogP contribution in [0, 0.1) is 17.6 Å². The van der Waals surface area contributed by atoms with Crippen LogP contribution in [0.5, 0.6) is 0 Å². The number of hydrogen-bond acceptors (Lipinski definition) is 7. The molecular weight excluding hydrogens is 516 g/mol. The van der Waals surface area contributed by atoms with Crippen LogP contribution in [-0.4, -0.2) is 60.5 Å². The van der Waals surface area contributed by atoms with Gasteiger partial charge in [-0.1, -0.05) is 0 Å². The normalized spacial score (nSPS) is 21.3. The molecule has 3 atom stereocenters. The molecule has 0 fully saturated rings. The second kappa shape index (κ2) is 9.79. The van der Waals surface area contributed by atoms with Gasteiger partial charge in [0.05, 0.1) is 41.5 Å². The molecule has 0 amide bonds. The van der Waals surface area contributed by atoms with Crippen molar-refractivity contribution >= 4 is 26.8 Å². The van der Waals surface area contributed by atoms with Gasteiger partial charge in [0, 0.05) is 49.8 Å². The zero-order chi connectivity index (χ0) is 27.4. The van der Waals surface area contributed by atoms with E-state index in [9.17, 15) is 27.8 Å². The van der Waals surface area contributed by atoms with Gasteiger partial charge in [0.1, 0.15) is 11.6 Å². The van der Waals surface area contributed by atoms with Crippen LogP contribution in [0.3, 0.4) is 0 Å². The Morgan fingerprint density at radius 3 is 2.68 bits per heavy atom. The summed E-state index contributed by atoms with van der Waals surface area (Å²) in [5.41, 5.74) is 2.98. The zero-order valence-corrected chi connectivity index (χ0v) is 21.8. The van der Waals surface area contributed by atoms with Gasteiger partial charge in [-0.15, -0.1) is 0 Å². The first-order valence-electron chi connectivity index (χ1n) is 12.3. The zero-order valence-electron chi connectivity index (χ0n) is 21.0. The lowest BCUT2D eigenvalue weighted by molar-refractivity contribution is 0.0817. The molecule has 0 saturated carbocycles. The van der Waals surface area contributed by atoms with Gasteiger partial charge in [0.25, 0.3) is 5.56 Å². The van der Waals surface area contributed by atoms with Crippen LogP contribution in [0.4, 0.5) is 14.5 Å². The Hall–Kier alpha value is -3.28. The van der Waals surface area contributed by atoms with Gasteiger partial charge < -0.3 is 25.0 Å². The summed E-state index contributed by atoms with van der Waals surface area (Å²) >= 11 is 0. The first-order chi connectivity index (χ1) is 18.0. The number of aromatic nitrogens is 1. The van der Waals surface area contributed by atoms with Gasteiger partial charge in [0.2, 0.25) is 0 Å². The minimum Gasteiger partial charge on any atom is -0.394 e. The fourth-order valence-corrected chi connectivity index (χ4v) is 6.42. The predicted octanol–water partition coefficient (Wildman–Crippen LogP) is 1.94. The van der Waals surface area contributed by atoms with Crippen LogP contribution < -0.4 is 15.8 Å². The third-order valence-electron chi connectivity index (χ3n) is 7.32. The highest BCUT2D eigenvalue weighted by atomic mass is 32.2. The fraction of sp³-hybridized carbons (Fsp3) is 0.370. The number of aliphatic hydroxyl groups excluding tert-OH is 2. The highest BCUT2D eigenvalue weighted by Gasteiger charge is 2.44. The van der Waals surface area contributed by atoms with E-state index in [1.54, 1.807) is 36.5 Å². The molecule has 3 heterocycles. The van der Waals surface area contributed by atoms with E-state index in [4.69, 9.17) is 0 Å². The van der Waals surface area contributed by atoms with Crippen molar-refractivity contribution in [1.29, 1.82) is 0 Å². The molecule has 1 aliphatic carbocycles. The Morgan fingerprint density at radius 2 is 2.00 bits per heavy atom. The number of rotatable bonds is 7. The summed E-state index contributed by atoms with van der Waals surface area (Å²) in [6, 6.07) is 4.56. The number of fused-ring (bicyclic) bond motifs is 2. The van der Waals surface area contributed by atoms with Gasteiger partial charge in [-0.3, -0.25) is 4.79 Å². The molecule has 2 aromatic rings. The summed E-state index contributed by atoms with van der Waals surface area (Å²) in [6.07, 6.45) is 6.00. The van der Waals surface area contributed by atoms with Crippen molar-refractivity contribution in [3.63, 3.8) is 0 Å². The number of anilines is 1. The number of nitrogens with one attached hydrogen (secondary N) is 1. The molecule has 38 heavy (non-hydrogen) atoms. The first kappa shape index (κ1) is 26.3. The molecule has 2 aliphatic heterocycles. The monoisotopic (exact) mass is 545 g/mol. The maximum atomic E-state index is 15.1. The Balaban J connectivity index is 1.75. The number of hydrogen-bond donors (Lipinski definition) is 3. The van der Waals surface area contributed by atoms with Crippen molar-refractivity contribution in [2.75, 3.05) is 30.1 Å². The number of nitrogens with zero attached hydrogens (tertiary/aromatic N) is 2. The van der Waals surface area contributed by atoms with E-state index < -0.39 is 33.6 Å². The minimum atomic E-state index is -3.48. The molecule has 3 unspecified atom stereocenters. The maximum Gasteiger partial charge on any atom is 0.260 e. The first-order valence-corrected chi connectivity index (χ1v) is 14.4. The van der Waals surface area contributed by atoms with Gasteiger partial charge in [-0.25, -0.2) is 17.2 Å². The predicted molar refractivity (Wildman–Crippen MR) is 141 cm³/mol. The lowest BCUT2D eigenvalue weighted by Crippen LogP contribution is -2.46. The Kier molecular flexibility index (Phi) is 6.79. The molecule has 1 aromatic carbocycles. The molecule has 3 N–H and O–H groups in total. The number of allylic oxidation sites excluding steroid dienone is 1. The SMILES string of the molecule is Cn1ccc2c(c1=O)C1=C3C(=CN(c4ccc(F)cc4F)C3C(CCC(O)CO)CN1)C=C2CS(C)(=O)=O. The number of sulfone groups is 1. The summed E-state index contributed by atoms with van der Waals surface area (Å²) in [7, 11) is -1.86. The van der Waals surface area contributed by atoms with Gasteiger partial charge >= 0.3 is 0 Å². The molecule has 0 spiro atoms. The van der Waals surface area contributed by atoms with Crippen molar-refractivity contribution in [1.82, 2.24) is 9.88 Å². The molecule has 0 radical (unpaired) electrons. The summed E-state index contributed by atoms with van der Waals surface area (Å²) in [4.78, 5) is 15.2. The van der Waals surface area contributed by atoms with Crippen LogP contribution in [-0.2, 0) is 16.9 Å². The van der Waals surface area contributed by atoms with E-state index in [1.807, 2.05) is 0 Å². The summed E-state index contributed by atoms with van der Waals surface area (Å²) < 4.78 is 55.0. The van der Waals surface area contributed by atoms with Gasteiger partial charge in [-0.2, -0.15) is 0 Å².